The van der Waals surface area contributed by atoms with Crippen LogP contribution in [0.5, 0.6) is 5.75 Å². The first-order valence-corrected chi connectivity index (χ1v) is 13.4. The summed E-state index contributed by atoms with van der Waals surface area (Å²) in [5.74, 6) is -1.31. The minimum Gasteiger partial charge on any atom is -0.479 e. The summed E-state index contributed by atoms with van der Waals surface area (Å²) in [6, 6.07) is 3.20. The van der Waals surface area contributed by atoms with Gasteiger partial charge < -0.3 is 19.2 Å². The number of aliphatic hydroxyl groups is 1. The zero-order valence-corrected chi connectivity index (χ0v) is 22.2. The summed E-state index contributed by atoms with van der Waals surface area (Å²) >= 11 is 0. The van der Waals surface area contributed by atoms with Gasteiger partial charge in [0.1, 0.15) is 11.9 Å². The first-order chi connectivity index (χ1) is 17.5. The third kappa shape index (κ3) is 3.89. The molecule has 0 unspecified atom stereocenters. The zero-order valence-electron chi connectivity index (χ0n) is 22.2. The highest BCUT2D eigenvalue weighted by atomic mass is 19.1. The third-order valence-corrected chi connectivity index (χ3v) is 10.6. The van der Waals surface area contributed by atoms with Crippen molar-refractivity contribution in [3.63, 3.8) is 0 Å². The number of aliphatic hydroxyl groups excluding tert-OH is 1. The summed E-state index contributed by atoms with van der Waals surface area (Å²) in [7, 11) is 1.35. The summed E-state index contributed by atoms with van der Waals surface area (Å²) < 4.78 is 31.7. The second kappa shape index (κ2) is 9.23. The highest BCUT2D eigenvalue weighted by Gasteiger charge is 2.68. The van der Waals surface area contributed by atoms with Gasteiger partial charge in [-0.1, -0.05) is 39.8 Å². The summed E-state index contributed by atoms with van der Waals surface area (Å²) in [5.41, 5.74) is -0.603. The predicted octanol–water partition coefficient (Wildman–Crippen LogP) is 3.89. The topological polar surface area (TPSA) is 82.1 Å². The minimum atomic E-state index is -0.729. The molecule has 0 amide bonds. The van der Waals surface area contributed by atoms with Crippen LogP contribution in [-0.4, -0.2) is 43.2 Å². The first kappa shape index (κ1) is 26.4. The number of hydrogen-bond donors (Lipinski definition) is 1. The van der Waals surface area contributed by atoms with Crippen molar-refractivity contribution in [3.8, 4) is 5.75 Å². The lowest BCUT2D eigenvalue weighted by atomic mass is 9.44. The molecule has 5 rings (SSSR count). The molecule has 4 aliphatic rings. The Morgan fingerprint density at radius 2 is 2.08 bits per heavy atom. The van der Waals surface area contributed by atoms with Crippen molar-refractivity contribution in [2.24, 2.45) is 34.0 Å². The van der Waals surface area contributed by atoms with Crippen molar-refractivity contribution in [1.82, 2.24) is 0 Å². The number of ketones is 1. The van der Waals surface area contributed by atoms with Gasteiger partial charge in [0.25, 0.3) is 0 Å². The van der Waals surface area contributed by atoms with Gasteiger partial charge in [-0.15, -0.1) is 6.58 Å². The maximum Gasteiger partial charge on any atom is 0.344 e. The lowest BCUT2D eigenvalue weighted by Crippen LogP contribution is -2.63. The highest BCUT2D eigenvalue weighted by molar-refractivity contribution is 6.49. The van der Waals surface area contributed by atoms with Crippen molar-refractivity contribution in [2.75, 3.05) is 6.61 Å². The second-order valence-electron chi connectivity index (χ2n) is 12.2. The van der Waals surface area contributed by atoms with Crippen LogP contribution in [0, 0.1) is 39.8 Å². The fourth-order valence-corrected chi connectivity index (χ4v) is 8.02. The molecule has 1 aliphatic heterocycles. The van der Waals surface area contributed by atoms with E-state index in [0.717, 1.165) is 24.8 Å². The van der Waals surface area contributed by atoms with Crippen LogP contribution >= 0.6 is 0 Å². The zero-order chi connectivity index (χ0) is 26.8. The minimum absolute atomic E-state index is 0.0440. The van der Waals surface area contributed by atoms with Gasteiger partial charge in [-0.2, -0.15) is 0 Å². The van der Waals surface area contributed by atoms with E-state index in [2.05, 4.69) is 27.4 Å². The third-order valence-electron chi connectivity index (χ3n) is 10.6. The molecule has 199 valence electrons. The van der Waals surface area contributed by atoms with E-state index in [1.807, 2.05) is 6.92 Å². The molecule has 3 aliphatic carbocycles. The lowest BCUT2D eigenvalue weighted by molar-refractivity contribution is -0.207. The molecule has 0 spiro atoms. The largest absolute Gasteiger partial charge is 0.479 e. The molecule has 1 N–H and O–H groups in total. The summed E-state index contributed by atoms with van der Waals surface area (Å²) in [5, 5.41) is 11.6. The number of hydrogen-bond acceptors (Lipinski definition) is 6. The summed E-state index contributed by atoms with van der Waals surface area (Å²) in [6.45, 7) is 12.1. The van der Waals surface area contributed by atoms with Crippen LogP contribution < -0.4 is 10.2 Å². The fraction of sp³-hybridized carbons (Fsp3) is 0.655. The average Bonchev–Trinajstić information content (AvgIpc) is 3.50. The number of Topliss-reactive ketones (excluding diaryl/α,β-unsaturated/α-hetero) is 1. The first-order valence-electron chi connectivity index (χ1n) is 13.4. The van der Waals surface area contributed by atoms with Crippen LogP contribution in [0.1, 0.15) is 65.4 Å². The summed E-state index contributed by atoms with van der Waals surface area (Å²) in [6.07, 6.45) is 3.73. The number of ether oxygens (including phenoxy) is 2. The smallest absolute Gasteiger partial charge is 0.344 e. The molecule has 1 heterocycles. The van der Waals surface area contributed by atoms with E-state index in [4.69, 9.17) is 14.1 Å². The molecule has 3 saturated carbocycles. The van der Waals surface area contributed by atoms with E-state index < -0.39 is 41.4 Å². The predicted molar refractivity (Wildman–Crippen MR) is 137 cm³/mol. The van der Waals surface area contributed by atoms with Gasteiger partial charge in [0.15, 0.2) is 18.2 Å². The number of carbonyl (C=O) groups is 2. The SMILES string of the molecule is C=C[C@]1(C)C[C@@H](OC(=O)COc2ccc3c(c2F)[B]OC3)[C@]2(C)[C@H](C)CC[C@]3(CCC(=O)[C@H]32)[C@@H](C)[C@@H]1O. The molecule has 0 saturated heterocycles. The molecular weight excluding hydrogens is 474 g/mol. The van der Waals surface area contributed by atoms with Gasteiger partial charge in [-0.05, 0) is 60.0 Å². The number of benzene rings is 1. The number of carbonyl (C=O) groups excluding carboxylic acids is 2. The Kier molecular flexibility index (Phi) is 6.59. The molecule has 8 atom stereocenters. The van der Waals surface area contributed by atoms with Gasteiger partial charge in [0, 0.05) is 23.2 Å². The van der Waals surface area contributed by atoms with E-state index in [9.17, 15) is 19.1 Å². The van der Waals surface area contributed by atoms with Crippen LogP contribution in [0.15, 0.2) is 24.8 Å². The van der Waals surface area contributed by atoms with E-state index in [1.54, 1.807) is 12.1 Å². The fourth-order valence-electron chi connectivity index (χ4n) is 8.02. The van der Waals surface area contributed by atoms with Crippen LogP contribution in [0.2, 0.25) is 0 Å². The van der Waals surface area contributed by atoms with E-state index in [0.29, 0.717) is 24.9 Å². The van der Waals surface area contributed by atoms with Gasteiger partial charge in [0.05, 0.1) is 12.7 Å². The van der Waals surface area contributed by atoms with Crippen LogP contribution in [-0.2, 0) is 25.6 Å². The van der Waals surface area contributed by atoms with Crippen molar-refractivity contribution < 1.29 is 33.2 Å². The standard InChI is InChI=1S/C29H37BFO6/c1-6-27(4)13-21(37-22(33)15-35-20-8-7-18-14-36-30-23(18)24(20)31)28(5)16(2)9-11-29(17(3)26(27)34)12-10-19(32)25(28)29/h6-8,16-17,21,25-26,34H,1,9-15H2,2-5H3/t16-,17+,21-,25+,26+,27-,28+,29+/m1/s1. The molecule has 3 fully saturated rings. The van der Waals surface area contributed by atoms with E-state index in [1.165, 1.54) is 13.5 Å². The molecule has 0 aromatic heterocycles. The molecule has 1 radical (unpaired) electrons. The molecule has 1 aromatic carbocycles. The highest BCUT2D eigenvalue weighted by Crippen LogP contribution is 2.68. The van der Waals surface area contributed by atoms with Crippen molar-refractivity contribution in [3.05, 3.63) is 36.2 Å². The average molecular weight is 511 g/mol. The number of esters is 1. The molecule has 1 aromatic rings. The van der Waals surface area contributed by atoms with Crippen molar-refractivity contribution in [2.45, 2.75) is 78.6 Å². The number of halogens is 1. The lowest BCUT2D eigenvalue weighted by Gasteiger charge is -2.61. The molecule has 2 bridgehead atoms. The molecule has 6 nitrogen and oxygen atoms in total. The second-order valence-corrected chi connectivity index (χ2v) is 12.2. The Labute approximate surface area is 219 Å². The van der Waals surface area contributed by atoms with Crippen LogP contribution in [0.4, 0.5) is 4.39 Å². The number of fused-ring (bicyclic) bond motifs is 1. The molecule has 8 heteroatoms. The van der Waals surface area contributed by atoms with E-state index in [-0.39, 0.29) is 34.7 Å². The van der Waals surface area contributed by atoms with Crippen molar-refractivity contribution in [1.29, 1.82) is 0 Å². The molecular formula is C29H37BFO6. The molecule has 37 heavy (non-hydrogen) atoms. The Balaban J connectivity index is 1.45. The number of rotatable bonds is 5. The van der Waals surface area contributed by atoms with Gasteiger partial charge >= 0.3 is 13.5 Å². The maximum atomic E-state index is 14.8. The Hall–Kier alpha value is -2.19. The summed E-state index contributed by atoms with van der Waals surface area (Å²) in [4.78, 5) is 26.6. The monoisotopic (exact) mass is 511 g/mol. The Morgan fingerprint density at radius 1 is 1.32 bits per heavy atom. The normalized spacial score (nSPS) is 40.6. The van der Waals surface area contributed by atoms with Gasteiger partial charge in [0.2, 0.25) is 0 Å². The maximum absolute atomic E-state index is 14.8. The van der Waals surface area contributed by atoms with Crippen LogP contribution in [0.25, 0.3) is 0 Å². The van der Waals surface area contributed by atoms with Gasteiger partial charge in [-0.25, -0.2) is 9.18 Å². The Morgan fingerprint density at radius 3 is 2.81 bits per heavy atom. The van der Waals surface area contributed by atoms with E-state index >= 15 is 0 Å². The quantitative estimate of drug-likeness (QED) is 0.367. The van der Waals surface area contributed by atoms with Crippen molar-refractivity contribution >= 4 is 24.7 Å². The Bertz CT molecular complexity index is 1120. The van der Waals surface area contributed by atoms with Gasteiger partial charge in [-0.3, -0.25) is 4.79 Å². The van der Waals surface area contributed by atoms with Crippen LogP contribution in [0.3, 0.4) is 0 Å².